The number of anilines is 1. The minimum Gasteiger partial charge on any atom is -0.462 e. The number of ether oxygens (including phenoxy) is 1. The summed E-state index contributed by atoms with van der Waals surface area (Å²) in [5.74, 6) is 0.409. The van der Waals surface area contributed by atoms with Gasteiger partial charge in [0.15, 0.2) is 0 Å². The SMILES string of the molecule is CCCCCCCCCCC(=O)Nc1sc2c(c1C(=O)OCC)CC[C@H](CC)C2. The summed E-state index contributed by atoms with van der Waals surface area (Å²) in [5.41, 5.74) is 1.73. The van der Waals surface area contributed by atoms with Gasteiger partial charge in [0.25, 0.3) is 0 Å². The summed E-state index contributed by atoms with van der Waals surface area (Å²) >= 11 is 1.59. The molecule has 0 aromatic carbocycles. The third-order valence-corrected chi connectivity index (χ3v) is 7.10. The second-order valence-corrected chi connectivity index (χ2v) is 9.32. The Morgan fingerprint density at radius 2 is 1.72 bits per heavy atom. The summed E-state index contributed by atoms with van der Waals surface area (Å²) < 4.78 is 5.30. The van der Waals surface area contributed by atoms with E-state index in [1.54, 1.807) is 11.3 Å². The van der Waals surface area contributed by atoms with Gasteiger partial charge >= 0.3 is 5.97 Å². The van der Waals surface area contributed by atoms with E-state index in [-0.39, 0.29) is 11.9 Å². The lowest BCUT2D eigenvalue weighted by Crippen LogP contribution is -2.17. The van der Waals surface area contributed by atoms with E-state index in [2.05, 4.69) is 19.2 Å². The van der Waals surface area contributed by atoms with Crippen LogP contribution in [0.2, 0.25) is 0 Å². The molecular formula is C24H39NO3S. The molecule has 29 heavy (non-hydrogen) atoms. The zero-order chi connectivity index (χ0) is 21.1. The van der Waals surface area contributed by atoms with Gasteiger partial charge in [-0.05, 0) is 44.1 Å². The van der Waals surface area contributed by atoms with Gasteiger partial charge in [0.1, 0.15) is 5.00 Å². The van der Waals surface area contributed by atoms with Crippen molar-refractivity contribution in [3.05, 3.63) is 16.0 Å². The van der Waals surface area contributed by atoms with Crippen LogP contribution in [0.4, 0.5) is 5.00 Å². The van der Waals surface area contributed by atoms with Crippen LogP contribution < -0.4 is 5.32 Å². The van der Waals surface area contributed by atoms with Crippen LogP contribution in [0.5, 0.6) is 0 Å². The van der Waals surface area contributed by atoms with Crippen LogP contribution in [-0.2, 0) is 22.4 Å². The average molecular weight is 422 g/mol. The van der Waals surface area contributed by atoms with E-state index >= 15 is 0 Å². The third kappa shape index (κ3) is 7.44. The van der Waals surface area contributed by atoms with Gasteiger partial charge in [-0.2, -0.15) is 0 Å². The lowest BCUT2D eigenvalue weighted by Gasteiger charge is -2.20. The van der Waals surface area contributed by atoms with Gasteiger partial charge in [-0.15, -0.1) is 11.3 Å². The number of carbonyl (C=O) groups is 2. The number of amides is 1. The van der Waals surface area contributed by atoms with Crippen LogP contribution in [0.15, 0.2) is 0 Å². The van der Waals surface area contributed by atoms with Crippen LogP contribution in [0.25, 0.3) is 0 Å². The molecule has 0 unspecified atom stereocenters. The Morgan fingerprint density at radius 1 is 1.03 bits per heavy atom. The van der Waals surface area contributed by atoms with E-state index in [0.717, 1.165) is 44.1 Å². The van der Waals surface area contributed by atoms with Gasteiger partial charge in [-0.3, -0.25) is 4.79 Å². The molecule has 164 valence electrons. The highest BCUT2D eigenvalue weighted by Crippen LogP contribution is 2.40. The predicted octanol–water partition coefficient (Wildman–Crippen LogP) is 6.91. The highest BCUT2D eigenvalue weighted by molar-refractivity contribution is 7.17. The van der Waals surface area contributed by atoms with Crippen LogP contribution in [-0.4, -0.2) is 18.5 Å². The zero-order valence-electron chi connectivity index (χ0n) is 18.6. The molecule has 1 amide bonds. The molecule has 0 aliphatic heterocycles. The molecule has 0 radical (unpaired) electrons. The van der Waals surface area contributed by atoms with E-state index in [4.69, 9.17) is 4.74 Å². The van der Waals surface area contributed by atoms with E-state index in [0.29, 0.717) is 29.5 Å². The minimum atomic E-state index is -0.290. The number of thiophene rings is 1. The van der Waals surface area contributed by atoms with Gasteiger partial charge in [-0.25, -0.2) is 4.79 Å². The molecule has 2 rings (SSSR count). The summed E-state index contributed by atoms with van der Waals surface area (Å²) in [6.07, 6.45) is 14.4. The molecule has 1 aliphatic carbocycles. The van der Waals surface area contributed by atoms with Gasteiger partial charge in [0, 0.05) is 11.3 Å². The van der Waals surface area contributed by atoms with E-state index < -0.39 is 0 Å². The Labute approximate surface area is 180 Å². The number of fused-ring (bicyclic) bond motifs is 1. The molecule has 0 spiro atoms. The fourth-order valence-corrected chi connectivity index (χ4v) is 5.48. The fraction of sp³-hybridized carbons (Fsp3) is 0.750. The second kappa shape index (κ2) is 13.0. The summed E-state index contributed by atoms with van der Waals surface area (Å²) in [6, 6.07) is 0. The number of unbranched alkanes of at least 4 members (excludes halogenated alkanes) is 7. The molecule has 1 heterocycles. The first-order valence-corrected chi connectivity index (χ1v) is 12.5. The Balaban J connectivity index is 1.89. The van der Waals surface area contributed by atoms with Crippen LogP contribution in [0, 0.1) is 5.92 Å². The molecule has 0 fully saturated rings. The lowest BCUT2D eigenvalue weighted by molar-refractivity contribution is -0.116. The van der Waals surface area contributed by atoms with Crippen LogP contribution in [0.3, 0.4) is 0 Å². The number of hydrogen-bond donors (Lipinski definition) is 1. The number of carbonyl (C=O) groups excluding carboxylic acids is 2. The maximum Gasteiger partial charge on any atom is 0.341 e. The standard InChI is InChI=1S/C24H39NO3S/c1-4-7-8-9-10-11-12-13-14-21(26)25-23-22(24(27)28-6-3)19-16-15-18(5-2)17-20(19)29-23/h18H,4-17H2,1-3H3,(H,25,26)/t18-/m0/s1. The topological polar surface area (TPSA) is 55.4 Å². The molecule has 4 nitrogen and oxygen atoms in total. The highest BCUT2D eigenvalue weighted by atomic mass is 32.1. The average Bonchev–Trinajstić information content (AvgIpc) is 3.06. The van der Waals surface area contributed by atoms with E-state index in [1.807, 2.05) is 6.92 Å². The van der Waals surface area contributed by atoms with Gasteiger partial charge < -0.3 is 10.1 Å². The second-order valence-electron chi connectivity index (χ2n) is 8.22. The Morgan fingerprint density at radius 3 is 2.38 bits per heavy atom. The maximum absolute atomic E-state index is 12.6. The Kier molecular flexibility index (Phi) is 10.8. The summed E-state index contributed by atoms with van der Waals surface area (Å²) in [6.45, 7) is 6.64. The first kappa shape index (κ1) is 23.9. The summed E-state index contributed by atoms with van der Waals surface area (Å²) in [4.78, 5) is 26.3. The molecule has 0 bridgehead atoms. The summed E-state index contributed by atoms with van der Waals surface area (Å²) in [5, 5.41) is 3.74. The first-order chi connectivity index (χ1) is 14.1. The molecule has 0 saturated heterocycles. The van der Waals surface area contributed by atoms with E-state index in [9.17, 15) is 9.59 Å². The van der Waals surface area contributed by atoms with Crippen molar-refractivity contribution in [2.45, 2.75) is 104 Å². The van der Waals surface area contributed by atoms with Crippen molar-refractivity contribution >= 4 is 28.2 Å². The van der Waals surface area contributed by atoms with Crippen molar-refractivity contribution in [1.29, 1.82) is 0 Å². The van der Waals surface area contributed by atoms with Crippen molar-refractivity contribution in [3.63, 3.8) is 0 Å². The number of esters is 1. The fourth-order valence-electron chi connectivity index (χ4n) is 4.12. The zero-order valence-corrected chi connectivity index (χ0v) is 19.4. The highest BCUT2D eigenvalue weighted by Gasteiger charge is 2.29. The van der Waals surface area contributed by atoms with Gasteiger partial charge in [0.05, 0.1) is 12.2 Å². The molecule has 1 aromatic heterocycles. The molecule has 1 aromatic rings. The molecule has 1 N–H and O–H groups in total. The molecule has 1 atom stereocenters. The van der Waals surface area contributed by atoms with Crippen LogP contribution >= 0.6 is 11.3 Å². The number of nitrogens with one attached hydrogen (secondary N) is 1. The van der Waals surface area contributed by atoms with Gasteiger partial charge in [-0.1, -0.05) is 65.2 Å². The number of rotatable bonds is 13. The smallest absolute Gasteiger partial charge is 0.341 e. The van der Waals surface area contributed by atoms with Crippen molar-refractivity contribution in [2.75, 3.05) is 11.9 Å². The Bertz CT molecular complexity index is 653. The van der Waals surface area contributed by atoms with Gasteiger partial charge in [0.2, 0.25) is 5.91 Å². The Hall–Kier alpha value is -1.36. The first-order valence-electron chi connectivity index (χ1n) is 11.7. The number of hydrogen-bond acceptors (Lipinski definition) is 4. The largest absolute Gasteiger partial charge is 0.462 e. The predicted molar refractivity (Wildman–Crippen MR) is 122 cm³/mol. The lowest BCUT2D eigenvalue weighted by atomic mass is 9.85. The normalized spacial score (nSPS) is 15.8. The molecule has 1 aliphatic rings. The minimum absolute atomic E-state index is 0.0205. The molecule has 0 saturated carbocycles. The summed E-state index contributed by atoms with van der Waals surface area (Å²) in [7, 11) is 0. The quantitative estimate of drug-likeness (QED) is 0.278. The van der Waals surface area contributed by atoms with Crippen molar-refractivity contribution in [2.24, 2.45) is 5.92 Å². The third-order valence-electron chi connectivity index (χ3n) is 5.93. The van der Waals surface area contributed by atoms with Crippen molar-refractivity contribution in [3.8, 4) is 0 Å². The van der Waals surface area contributed by atoms with Crippen molar-refractivity contribution < 1.29 is 14.3 Å². The molecule has 5 heteroatoms. The van der Waals surface area contributed by atoms with Crippen LogP contribution in [0.1, 0.15) is 112 Å². The maximum atomic E-state index is 12.6. The van der Waals surface area contributed by atoms with E-state index in [1.165, 1.54) is 43.4 Å². The monoisotopic (exact) mass is 421 g/mol. The van der Waals surface area contributed by atoms with Crippen molar-refractivity contribution in [1.82, 2.24) is 0 Å². The molecular weight excluding hydrogens is 382 g/mol.